The molecule has 0 amide bonds. The van der Waals surface area contributed by atoms with E-state index in [1.54, 1.807) is 7.11 Å². The fourth-order valence-electron chi connectivity index (χ4n) is 1.74. The lowest BCUT2D eigenvalue weighted by atomic mass is 10.2. The smallest absolute Gasteiger partial charge is 0.0615 e. The monoisotopic (exact) mass is 253 g/mol. The Bertz CT molecular complexity index is 273. The van der Waals surface area contributed by atoms with E-state index < -0.39 is 0 Å². The van der Waals surface area contributed by atoms with Gasteiger partial charge in [0.1, 0.15) is 0 Å². The van der Waals surface area contributed by atoms with E-state index in [1.807, 2.05) is 11.8 Å². The predicted octanol–water partition coefficient (Wildman–Crippen LogP) is 3.18. The lowest BCUT2D eigenvalue weighted by Gasteiger charge is -2.16. The van der Waals surface area contributed by atoms with Crippen molar-refractivity contribution in [3.8, 4) is 0 Å². The van der Waals surface area contributed by atoms with Crippen LogP contribution in [0.4, 0.5) is 0 Å². The molecule has 0 spiro atoms. The van der Waals surface area contributed by atoms with Crippen molar-refractivity contribution in [1.82, 2.24) is 5.32 Å². The zero-order chi connectivity index (χ0) is 12.3. The molecule has 0 saturated carbocycles. The predicted molar refractivity (Wildman–Crippen MR) is 75.7 cm³/mol. The molecule has 0 radical (unpaired) electrons. The first kappa shape index (κ1) is 14.6. The van der Waals surface area contributed by atoms with Gasteiger partial charge in [-0.05, 0) is 18.6 Å². The van der Waals surface area contributed by atoms with Crippen LogP contribution in [0.3, 0.4) is 0 Å². The molecular formula is C14H23NOS. The van der Waals surface area contributed by atoms with Crippen molar-refractivity contribution >= 4 is 11.8 Å². The number of ether oxygens (including phenoxy) is 1. The maximum atomic E-state index is 5.20. The zero-order valence-corrected chi connectivity index (χ0v) is 11.6. The van der Waals surface area contributed by atoms with Crippen molar-refractivity contribution in [2.24, 2.45) is 0 Å². The molecule has 0 aliphatic heterocycles. The molecule has 3 heteroatoms. The molecule has 1 atom stereocenters. The van der Waals surface area contributed by atoms with E-state index in [4.69, 9.17) is 4.74 Å². The Morgan fingerprint density at radius 2 is 2.06 bits per heavy atom. The summed E-state index contributed by atoms with van der Waals surface area (Å²) < 4.78 is 5.20. The van der Waals surface area contributed by atoms with Crippen LogP contribution in [0.1, 0.15) is 19.8 Å². The van der Waals surface area contributed by atoms with Crippen molar-refractivity contribution in [2.45, 2.75) is 30.7 Å². The molecule has 96 valence electrons. The number of hydrogen-bond acceptors (Lipinski definition) is 3. The second-order valence-electron chi connectivity index (χ2n) is 4.06. The first-order valence-corrected chi connectivity index (χ1v) is 7.25. The molecule has 1 rings (SSSR count). The quantitative estimate of drug-likeness (QED) is 0.539. The van der Waals surface area contributed by atoms with Crippen molar-refractivity contribution in [3.05, 3.63) is 30.3 Å². The van der Waals surface area contributed by atoms with Crippen LogP contribution < -0.4 is 5.32 Å². The summed E-state index contributed by atoms with van der Waals surface area (Å²) in [5.41, 5.74) is 0. The summed E-state index contributed by atoms with van der Waals surface area (Å²) in [4.78, 5) is 1.34. The third kappa shape index (κ3) is 6.71. The van der Waals surface area contributed by atoms with Gasteiger partial charge in [-0.2, -0.15) is 0 Å². The van der Waals surface area contributed by atoms with E-state index in [2.05, 4.69) is 42.6 Å². The topological polar surface area (TPSA) is 21.3 Å². The van der Waals surface area contributed by atoms with Crippen molar-refractivity contribution in [2.75, 3.05) is 26.0 Å². The summed E-state index contributed by atoms with van der Waals surface area (Å²) in [6, 6.07) is 11.0. The zero-order valence-electron chi connectivity index (χ0n) is 10.8. The van der Waals surface area contributed by atoms with Crippen LogP contribution in [0.2, 0.25) is 0 Å². The van der Waals surface area contributed by atoms with E-state index in [9.17, 15) is 0 Å². The minimum atomic E-state index is 0.501. The number of thioether (sulfide) groups is 1. The molecule has 1 aromatic rings. The lowest BCUT2D eigenvalue weighted by molar-refractivity contribution is 0.163. The van der Waals surface area contributed by atoms with Crippen LogP contribution in [-0.4, -0.2) is 32.1 Å². The second kappa shape index (κ2) is 9.51. The maximum Gasteiger partial charge on any atom is 0.0615 e. The Hall–Kier alpha value is -0.510. The van der Waals surface area contributed by atoms with E-state index >= 15 is 0 Å². The summed E-state index contributed by atoms with van der Waals surface area (Å²) in [6.45, 7) is 4.06. The Kier molecular flexibility index (Phi) is 8.14. The van der Waals surface area contributed by atoms with Crippen LogP contribution in [0, 0.1) is 0 Å². The molecule has 2 nitrogen and oxygen atoms in total. The van der Waals surface area contributed by atoms with Crippen molar-refractivity contribution < 1.29 is 4.74 Å². The van der Waals surface area contributed by atoms with Gasteiger partial charge in [0, 0.05) is 30.3 Å². The normalized spacial score (nSPS) is 12.6. The van der Waals surface area contributed by atoms with Crippen molar-refractivity contribution in [1.29, 1.82) is 0 Å². The van der Waals surface area contributed by atoms with Crippen LogP contribution >= 0.6 is 11.8 Å². The standard InChI is InChI=1S/C14H23NOS/c1-3-7-13(12-16-2)15-10-11-17-14-8-5-4-6-9-14/h4-6,8-9,13,15H,3,7,10-12H2,1-2H3. The molecule has 0 aromatic heterocycles. The second-order valence-corrected chi connectivity index (χ2v) is 5.22. The highest BCUT2D eigenvalue weighted by molar-refractivity contribution is 7.99. The molecule has 1 aromatic carbocycles. The molecule has 17 heavy (non-hydrogen) atoms. The van der Waals surface area contributed by atoms with Gasteiger partial charge in [-0.25, -0.2) is 0 Å². The summed E-state index contributed by atoms with van der Waals surface area (Å²) in [7, 11) is 1.77. The van der Waals surface area contributed by atoms with Gasteiger partial charge in [0.25, 0.3) is 0 Å². The Morgan fingerprint density at radius 3 is 2.71 bits per heavy atom. The number of nitrogens with one attached hydrogen (secondary N) is 1. The highest BCUT2D eigenvalue weighted by Crippen LogP contribution is 2.15. The van der Waals surface area contributed by atoms with E-state index in [-0.39, 0.29) is 0 Å². The van der Waals surface area contributed by atoms with Gasteiger partial charge in [0.15, 0.2) is 0 Å². The molecule has 1 N–H and O–H groups in total. The largest absolute Gasteiger partial charge is 0.383 e. The van der Waals surface area contributed by atoms with Gasteiger partial charge in [0.05, 0.1) is 6.61 Å². The van der Waals surface area contributed by atoms with E-state index in [0.717, 1.165) is 18.9 Å². The molecular weight excluding hydrogens is 230 g/mol. The van der Waals surface area contributed by atoms with Gasteiger partial charge in [0.2, 0.25) is 0 Å². The maximum absolute atomic E-state index is 5.20. The van der Waals surface area contributed by atoms with E-state index in [0.29, 0.717) is 6.04 Å². The summed E-state index contributed by atoms with van der Waals surface area (Å²) in [6.07, 6.45) is 2.39. The van der Waals surface area contributed by atoms with E-state index in [1.165, 1.54) is 17.7 Å². The minimum absolute atomic E-state index is 0.501. The minimum Gasteiger partial charge on any atom is -0.383 e. The van der Waals surface area contributed by atoms with Crippen molar-refractivity contribution in [3.63, 3.8) is 0 Å². The van der Waals surface area contributed by atoms with Crippen LogP contribution in [0.15, 0.2) is 35.2 Å². The Morgan fingerprint density at radius 1 is 1.29 bits per heavy atom. The fraction of sp³-hybridized carbons (Fsp3) is 0.571. The molecule has 0 bridgehead atoms. The summed E-state index contributed by atoms with van der Waals surface area (Å²) >= 11 is 1.90. The summed E-state index contributed by atoms with van der Waals surface area (Å²) in [5, 5.41) is 3.55. The molecule has 0 saturated heterocycles. The Labute approximate surface area is 109 Å². The third-order valence-corrected chi connectivity index (χ3v) is 3.57. The average Bonchev–Trinajstić information content (AvgIpc) is 2.36. The molecule has 0 fully saturated rings. The van der Waals surface area contributed by atoms with Gasteiger partial charge in [-0.1, -0.05) is 31.5 Å². The average molecular weight is 253 g/mol. The van der Waals surface area contributed by atoms with Gasteiger partial charge in [-0.15, -0.1) is 11.8 Å². The van der Waals surface area contributed by atoms with Crippen LogP contribution in [-0.2, 0) is 4.74 Å². The van der Waals surface area contributed by atoms with Crippen LogP contribution in [0.25, 0.3) is 0 Å². The number of benzene rings is 1. The lowest BCUT2D eigenvalue weighted by Crippen LogP contribution is -2.34. The van der Waals surface area contributed by atoms with Crippen LogP contribution in [0.5, 0.6) is 0 Å². The number of methoxy groups -OCH3 is 1. The van der Waals surface area contributed by atoms with Gasteiger partial charge < -0.3 is 10.1 Å². The third-order valence-electron chi connectivity index (χ3n) is 2.55. The van der Waals surface area contributed by atoms with Gasteiger partial charge >= 0.3 is 0 Å². The number of hydrogen-bond donors (Lipinski definition) is 1. The van der Waals surface area contributed by atoms with Gasteiger partial charge in [-0.3, -0.25) is 0 Å². The first-order chi connectivity index (χ1) is 8.36. The molecule has 0 aliphatic rings. The molecule has 0 heterocycles. The number of rotatable bonds is 9. The Balaban J connectivity index is 2.13. The SMILES string of the molecule is CCCC(COC)NCCSc1ccccc1. The fourth-order valence-corrected chi connectivity index (χ4v) is 2.55. The molecule has 0 aliphatic carbocycles. The highest BCUT2D eigenvalue weighted by Gasteiger charge is 2.05. The molecule has 1 unspecified atom stereocenters. The highest BCUT2D eigenvalue weighted by atomic mass is 32.2. The summed E-state index contributed by atoms with van der Waals surface area (Å²) in [5.74, 6) is 1.11. The first-order valence-electron chi connectivity index (χ1n) is 6.27.